The second kappa shape index (κ2) is 10.0. The Labute approximate surface area is 242 Å². The van der Waals surface area contributed by atoms with Gasteiger partial charge in [0.15, 0.2) is 0 Å². The molecule has 0 aliphatic rings. The summed E-state index contributed by atoms with van der Waals surface area (Å²) in [6, 6.07) is 27.7. The van der Waals surface area contributed by atoms with E-state index >= 15 is 0 Å². The third kappa shape index (κ3) is 4.69. The van der Waals surface area contributed by atoms with Crippen molar-refractivity contribution in [2.24, 2.45) is 11.4 Å². The first-order chi connectivity index (χ1) is 19.7. The van der Waals surface area contributed by atoms with Crippen LogP contribution in [0.15, 0.2) is 100 Å². The molecule has 7 nitrogen and oxygen atoms in total. The van der Waals surface area contributed by atoms with Crippen LogP contribution in [0.1, 0.15) is 16.7 Å². The number of nitrogens with zero attached hydrogens (tertiary/aromatic N) is 5. The molecule has 0 saturated heterocycles. The van der Waals surface area contributed by atoms with Gasteiger partial charge < -0.3 is 4.57 Å². The Morgan fingerprint density at radius 3 is 2.32 bits per heavy atom. The first-order valence-corrected chi connectivity index (χ1v) is 14.6. The van der Waals surface area contributed by atoms with Crippen molar-refractivity contribution in [1.82, 2.24) is 14.1 Å². The zero-order valence-corrected chi connectivity index (χ0v) is 24.1. The maximum atomic E-state index is 13.6. The molecular formula is C32H24ClN5O2S. The fourth-order valence-electron chi connectivity index (χ4n) is 4.95. The molecule has 0 fully saturated rings. The zero-order valence-electron chi connectivity index (χ0n) is 22.5. The van der Waals surface area contributed by atoms with Gasteiger partial charge >= 0.3 is 0 Å². The molecule has 0 aliphatic carbocycles. The van der Waals surface area contributed by atoms with E-state index in [0.29, 0.717) is 21.8 Å². The van der Waals surface area contributed by atoms with E-state index in [2.05, 4.69) is 15.5 Å². The monoisotopic (exact) mass is 577 g/mol. The maximum Gasteiger partial charge on any atom is 0.285 e. The van der Waals surface area contributed by atoms with Crippen LogP contribution in [0.4, 0.5) is 0 Å². The first kappa shape index (κ1) is 26.5. The number of sulfonamides is 1. The number of hydrogen-bond donors (Lipinski definition) is 0. The quantitative estimate of drug-likeness (QED) is 0.235. The number of pyridine rings is 1. The summed E-state index contributed by atoms with van der Waals surface area (Å²) in [4.78, 5) is 4.78. The minimum atomic E-state index is -4.08. The molecule has 41 heavy (non-hydrogen) atoms. The molecule has 202 valence electrons. The number of hydrogen-bond acceptors (Lipinski definition) is 4. The molecule has 4 aromatic carbocycles. The van der Waals surface area contributed by atoms with Gasteiger partial charge in [-0.15, -0.1) is 4.40 Å². The average Bonchev–Trinajstić information content (AvgIpc) is 3.24. The fourth-order valence-corrected chi connectivity index (χ4v) is 6.08. The lowest BCUT2D eigenvalue weighted by Gasteiger charge is -2.12. The number of aryl methyl sites for hydroxylation is 3. The lowest BCUT2D eigenvalue weighted by Crippen LogP contribution is -2.25. The summed E-state index contributed by atoms with van der Waals surface area (Å²) in [5.74, 6) is 0. The van der Waals surface area contributed by atoms with Gasteiger partial charge in [0.25, 0.3) is 10.0 Å². The second-order valence-electron chi connectivity index (χ2n) is 9.92. The Kier molecular flexibility index (Phi) is 6.49. The molecule has 0 saturated carbocycles. The molecule has 0 aliphatic heterocycles. The van der Waals surface area contributed by atoms with Gasteiger partial charge in [-0.25, -0.2) is 0 Å². The van der Waals surface area contributed by atoms with Gasteiger partial charge in [0.1, 0.15) is 0 Å². The van der Waals surface area contributed by atoms with E-state index in [9.17, 15) is 13.7 Å². The summed E-state index contributed by atoms with van der Waals surface area (Å²) in [7, 11) is -2.32. The zero-order chi connectivity index (χ0) is 28.9. The molecule has 0 atom stereocenters. The van der Waals surface area contributed by atoms with Crippen LogP contribution in [0.25, 0.3) is 38.8 Å². The molecule has 2 heterocycles. The minimum Gasteiger partial charge on any atom is -0.311 e. The summed E-state index contributed by atoms with van der Waals surface area (Å²) in [5.41, 5.74) is 7.15. The normalized spacial score (nSPS) is 12.2. The molecule has 0 spiro atoms. The fraction of sp³-hybridized carbons (Fsp3) is 0.0938. The number of imidazole rings is 1. The largest absolute Gasteiger partial charge is 0.311 e. The second-order valence-corrected chi connectivity index (χ2v) is 12.0. The molecular weight excluding hydrogens is 554 g/mol. The van der Waals surface area contributed by atoms with Crippen LogP contribution < -0.4 is 5.62 Å². The molecule has 2 aromatic heterocycles. The SMILES string of the molecule is Cc1ccc(S(=O)(=O)/N=c2\n(C)c3cnc4ccc(-c5ccc(Cl)cc5)cc4c3n2-c2cc(C#N)ccc2C)cc1. The van der Waals surface area contributed by atoms with Gasteiger partial charge in [-0.1, -0.05) is 53.6 Å². The lowest BCUT2D eigenvalue weighted by atomic mass is 10.0. The molecule has 0 N–H and O–H groups in total. The van der Waals surface area contributed by atoms with Gasteiger partial charge in [0.05, 0.1) is 45.0 Å². The minimum absolute atomic E-state index is 0.0930. The van der Waals surface area contributed by atoms with Gasteiger partial charge in [-0.2, -0.15) is 13.7 Å². The van der Waals surface area contributed by atoms with Crippen molar-refractivity contribution in [3.8, 4) is 22.9 Å². The molecule has 0 bridgehead atoms. The average molecular weight is 578 g/mol. The van der Waals surface area contributed by atoms with Crippen molar-refractivity contribution in [3.63, 3.8) is 0 Å². The predicted molar refractivity (Wildman–Crippen MR) is 161 cm³/mol. The number of benzene rings is 4. The van der Waals surface area contributed by atoms with Gasteiger partial charge in [0, 0.05) is 17.5 Å². The van der Waals surface area contributed by atoms with Crippen LogP contribution in [0, 0.1) is 25.2 Å². The van der Waals surface area contributed by atoms with Crippen LogP contribution in [-0.4, -0.2) is 22.5 Å². The number of aromatic nitrogens is 3. The third-order valence-electron chi connectivity index (χ3n) is 7.18. The van der Waals surface area contributed by atoms with Crippen molar-refractivity contribution in [2.45, 2.75) is 18.7 Å². The summed E-state index contributed by atoms with van der Waals surface area (Å²) in [6.45, 7) is 3.82. The molecule has 6 rings (SSSR count). The van der Waals surface area contributed by atoms with E-state index in [0.717, 1.165) is 38.7 Å². The Bertz CT molecular complexity index is 2210. The Morgan fingerprint density at radius 2 is 1.61 bits per heavy atom. The van der Waals surface area contributed by atoms with Crippen molar-refractivity contribution in [3.05, 3.63) is 118 Å². The number of nitriles is 1. The van der Waals surface area contributed by atoms with E-state index in [-0.39, 0.29) is 10.5 Å². The highest BCUT2D eigenvalue weighted by Gasteiger charge is 2.21. The van der Waals surface area contributed by atoms with Crippen LogP contribution in [0.2, 0.25) is 5.02 Å². The van der Waals surface area contributed by atoms with Crippen LogP contribution in [0.3, 0.4) is 0 Å². The molecule has 0 radical (unpaired) electrons. The van der Waals surface area contributed by atoms with E-state index in [1.807, 2.05) is 66.9 Å². The third-order valence-corrected chi connectivity index (χ3v) is 8.71. The smallest absolute Gasteiger partial charge is 0.285 e. The standard InChI is InChI=1S/C32H24ClN5O2S/c1-20-4-13-26(14-5-20)41(39,40)36-32-37(3)30-19-35-28-15-10-24(23-8-11-25(33)12-9-23)17-27(28)31(30)38(32)29-16-22(18-34)7-6-21(29)2/h4-17,19H,1-3H3/b36-32+. The molecule has 0 amide bonds. The highest BCUT2D eigenvalue weighted by molar-refractivity contribution is 7.90. The van der Waals surface area contributed by atoms with Gasteiger partial charge in [-0.05, 0) is 79.1 Å². The summed E-state index contributed by atoms with van der Waals surface area (Å²) in [6.07, 6.45) is 1.72. The van der Waals surface area contributed by atoms with E-state index < -0.39 is 10.0 Å². The summed E-state index contributed by atoms with van der Waals surface area (Å²) < 4.78 is 35.1. The number of fused-ring (bicyclic) bond motifs is 3. The van der Waals surface area contributed by atoms with Crippen LogP contribution >= 0.6 is 11.6 Å². The maximum absolute atomic E-state index is 13.6. The Morgan fingerprint density at radius 1 is 0.902 bits per heavy atom. The Balaban J connectivity index is 1.76. The predicted octanol–water partition coefficient (Wildman–Crippen LogP) is 6.62. The molecule has 0 unspecified atom stereocenters. The van der Waals surface area contributed by atoms with Crippen molar-refractivity contribution in [1.29, 1.82) is 5.26 Å². The number of rotatable bonds is 4. The molecule has 6 aromatic rings. The van der Waals surface area contributed by atoms with E-state index in [1.165, 1.54) is 0 Å². The Hall–Kier alpha value is -4.71. The summed E-state index contributed by atoms with van der Waals surface area (Å²) in [5, 5.41) is 11.1. The highest BCUT2D eigenvalue weighted by Crippen LogP contribution is 2.31. The van der Waals surface area contributed by atoms with Crippen molar-refractivity contribution < 1.29 is 8.42 Å². The van der Waals surface area contributed by atoms with Gasteiger partial charge in [0.2, 0.25) is 5.62 Å². The lowest BCUT2D eigenvalue weighted by molar-refractivity contribution is 0.594. The van der Waals surface area contributed by atoms with Crippen molar-refractivity contribution in [2.75, 3.05) is 0 Å². The van der Waals surface area contributed by atoms with Crippen molar-refractivity contribution >= 4 is 43.6 Å². The van der Waals surface area contributed by atoms with Crippen LogP contribution in [0.5, 0.6) is 0 Å². The highest BCUT2D eigenvalue weighted by atomic mass is 35.5. The summed E-state index contributed by atoms with van der Waals surface area (Å²) >= 11 is 6.13. The van der Waals surface area contributed by atoms with Crippen LogP contribution in [-0.2, 0) is 17.1 Å². The topological polar surface area (TPSA) is 93.0 Å². The molecule has 9 heteroatoms. The van der Waals surface area contributed by atoms with E-state index in [4.69, 9.17) is 11.6 Å². The first-order valence-electron chi connectivity index (χ1n) is 12.8. The number of halogens is 1. The van der Waals surface area contributed by atoms with Gasteiger partial charge in [-0.3, -0.25) is 9.55 Å². The van der Waals surface area contributed by atoms with E-state index in [1.54, 1.807) is 54.2 Å².